The molecule has 0 unspecified atom stereocenters. The standard InChI is InChI=1S/C15H14N6OS2/c1-2-7-21-13(11-4-3-5-16-9-11)19-20-15(21)24-10-12(22)18-14-17-6-8-23-14/h2-6,8-9H,1,7,10H2,(H,17,18,22). The van der Waals surface area contributed by atoms with Gasteiger partial charge in [0.25, 0.3) is 0 Å². The van der Waals surface area contributed by atoms with E-state index < -0.39 is 0 Å². The molecule has 1 amide bonds. The van der Waals surface area contributed by atoms with Gasteiger partial charge in [-0.05, 0) is 12.1 Å². The van der Waals surface area contributed by atoms with Crippen LogP contribution in [0.25, 0.3) is 11.4 Å². The van der Waals surface area contributed by atoms with Crippen LogP contribution in [0.5, 0.6) is 0 Å². The number of nitrogens with zero attached hydrogens (tertiary/aromatic N) is 5. The van der Waals surface area contributed by atoms with Crippen molar-refractivity contribution in [3.8, 4) is 11.4 Å². The predicted octanol–water partition coefficient (Wildman–Crippen LogP) is 2.71. The molecule has 0 bridgehead atoms. The molecule has 24 heavy (non-hydrogen) atoms. The minimum atomic E-state index is -0.133. The van der Waals surface area contributed by atoms with E-state index in [9.17, 15) is 4.79 Å². The Morgan fingerprint density at radius 1 is 1.42 bits per heavy atom. The normalized spacial score (nSPS) is 10.5. The molecule has 0 atom stereocenters. The van der Waals surface area contributed by atoms with Crippen LogP contribution >= 0.6 is 23.1 Å². The molecule has 0 radical (unpaired) electrons. The topological polar surface area (TPSA) is 85.6 Å². The highest BCUT2D eigenvalue weighted by Crippen LogP contribution is 2.23. The van der Waals surface area contributed by atoms with Gasteiger partial charge in [0.15, 0.2) is 16.1 Å². The van der Waals surface area contributed by atoms with Gasteiger partial charge in [-0.3, -0.25) is 14.3 Å². The number of thiazole rings is 1. The Balaban J connectivity index is 1.72. The zero-order valence-corrected chi connectivity index (χ0v) is 14.3. The number of hydrogen-bond donors (Lipinski definition) is 1. The van der Waals surface area contributed by atoms with Gasteiger partial charge in [0, 0.05) is 36.1 Å². The van der Waals surface area contributed by atoms with Crippen molar-refractivity contribution in [1.29, 1.82) is 0 Å². The van der Waals surface area contributed by atoms with Crippen molar-refractivity contribution in [2.45, 2.75) is 11.7 Å². The van der Waals surface area contributed by atoms with E-state index in [0.717, 1.165) is 5.56 Å². The Bertz CT molecular complexity index is 816. The number of pyridine rings is 1. The minimum Gasteiger partial charge on any atom is -0.301 e. The van der Waals surface area contributed by atoms with E-state index in [1.54, 1.807) is 24.7 Å². The van der Waals surface area contributed by atoms with E-state index in [0.29, 0.717) is 22.7 Å². The number of nitrogens with one attached hydrogen (secondary N) is 1. The molecule has 0 fully saturated rings. The fourth-order valence-corrected chi connectivity index (χ4v) is 3.26. The number of carbonyl (C=O) groups excluding carboxylic acids is 1. The third kappa shape index (κ3) is 3.87. The SMILES string of the molecule is C=CCn1c(SCC(=O)Nc2nccs2)nnc1-c1cccnc1. The largest absolute Gasteiger partial charge is 0.301 e. The Hall–Kier alpha value is -2.52. The number of hydrogen-bond acceptors (Lipinski definition) is 7. The fourth-order valence-electron chi connectivity index (χ4n) is 1.97. The molecule has 3 heterocycles. The number of thioether (sulfide) groups is 1. The lowest BCUT2D eigenvalue weighted by Gasteiger charge is -2.07. The van der Waals surface area contributed by atoms with Crippen LogP contribution in [-0.2, 0) is 11.3 Å². The molecule has 7 nitrogen and oxygen atoms in total. The molecule has 0 saturated carbocycles. The third-order valence-corrected chi connectivity index (χ3v) is 4.61. The molecule has 3 rings (SSSR count). The minimum absolute atomic E-state index is 0.133. The summed E-state index contributed by atoms with van der Waals surface area (Å²) in [6, 6.07) is 3.76. The van der Waals surface area contributed by atoms with Gasteiger partial charge in [0.05, 0.1) is 5.75 Å². The first kappa shape index (κ1) is 16.3. The number of amides is 1. The number of aromatic nitrogens is 5. The molecule has 3 aromatic heterocycles. The molecule has 0 spiro atoms. The first-order valence-electron chi connectivity index (χ1n) is 7.04. The highest BCUT2D eigenvalue weighted by molar-refractivity contribution is 7.99. The van der Waals surface area contributed by atoms with Gasteiger partial charge < -0.3 is 5.32 Å². The average molecular weight is 358 g/mol. The zero-order chi connectivity index (χ0) is 16.8. The van der Waals surface area contributed by atoms with Gasteiger partial charge in [0.2, 0.25) is 5.91 Å². The average Bonchev–Trinajstić information content (AvgIpc) is 3.24. The Labute approximate surface area is 146 Å². The molecule has 0 aliphatic heterocycles. The second-order valence-electron chi connectivity index (χ2n) is 4.62. The van der Waals surface area contributed by atoms with Gasteiger partial charge in [0.1, 0.15) is 0 Å². The summed E-state index contributed by atoms with van der Waals surface area (Å²) in [7, 11) is 0. The maximum absolute atomic E-state index is 12.0. The van der Waals surface area contributed by atoms with Crippen molar-refractivity contribution >= 4 is 34.1 Å². The van der Waals surface area contributed by atoms with Crippen molar-refractivity contribution in [2.75, 3.05) is 11.1 Å². The summed E-state index contributed by atoms with van der Waals surface area (Å²) in [5.74, 6) is 0.791. The molecule has 1 N–H and O–H groups in total. The van der Waals surface area contributed by atoms with E-state index in [1.807, 2.05) is 22.1 Å². The van der Waals surface area contributed by atoms with E-state index in [1.165, 1.54) is 23.1 Å². The third-order valence-electron chi connectivity index (χ3n) is 2.96. The number of allylic oxidation sites excluding steroid dienone is 1. The molecular weight excluding hydrogens is 344 g/mol. The van der Waals surface area contributed by atoms with Crippen molar-refractivity contribution < 1.29 is 4.79 Å². The Morgan fingerprint density at radius 3 is 3.04 bits per heavy atom. The lowest BCUT2D eigenvalue weighted by atomic mass is 10.3. The number of anilines is 1. The van der Waals surface area contributed by atoms with Crippen LogP contribution in [0.3, 0.4) is 0 Å². The van der Waals surface area contributed by atoms with Gasteiger partial charge in [-0.2, -0.15) is 0 Å². The lowest BCUT2D eigenvalue weighted by Crippen LogP contribution is -2.14. The maximum Gasteiger partial charge on any atom is 0.236 e. The molecule has 9 heteroatoms. The van der Waals surface area contributed by atoms with Crippen LogP contribution < -0.4 is 5.32 Å². The molecule has 122 valence electrons. The molecule has 3 aromatic rings. The van der Waals surface area contributed by atoms with Gasteiger partial charge in [-0.15, -0.1) is 28.1 Å². The monoisotopic (exact) mass is 358 g/mol. The summed E-state index contributed by atoms with van der Waals surface area (Å²) in [6.07, 6.45) is 6.85. The Morgan fingerprint density at radius 2 is 2.33 bits per heavy atom. The summed E-state index contributed by atoms with van der Waals surface area (Å²) in [5.41, 5.74) is 0.867. The van der Waals surface area contributed by atoms with E-state index in [-0.39, 0.29) is 11.7 Å². The first-order valence-corrected chi connectivity index (χ1v) is 8.91. The molecule has 0 aromatic carbocycles. The lowest BCUT2D eigenvalue weighted by molar-refractivity contribution is -0.113. The summed E-state index contributed by atoms with van der Waals surface area (Å²) < 4.78 is 1.91. The van der Waals surface area contributed by atoms with Crippen molar-refractivity contribution in [1.82, 2.24) is 24.7 Å². The summed E-state index contributed by atoms with van der Waals surface area (Å²) in [6.45, 7) is 4.32. The Kier molecular flexibility index (Phi) is 5.34. The van der Waals surface area contributed by atoms with Crippen LogP contribution in [0.1, 0.15) is 0 Å². The van der Waals surface area contributed by atoms with E-state index in [4.69, 9.17) is 0 Å². The van der Waals surface area contributed by atoms with Gasteiger partial charge >= 0.3 is 0 Å². The van der Waals surface area contributed by atoms with Crippen LogP contribution in [0, 0.1) is 0 Å². The number of rotatable bonds is 7. The van der Waals surface area contributed by atoms with Crippen LogP contribution in [0.2, 0.25) is 0 Å². The van der Waals surface area contributed by atoms with Gasteiger partial charge in [-0.25, -0.2) is 4.98 Å². The second-order valence-corrected chi connectivity index (χ2v) is 6.46. The molecule has 0 aliphatic rings. The second kappa shape index (κ2) is 7.84. The predicted molar refractivity (Wildman–Crippen MR) is 94.9 cm³/mol. The van der Waals surface area contributed by atoms with E-state index >= 15 is 0 Å². The summed E-state index contributed by atoms with van der Waals surface area (Å²) >= 11 is 2.70. The van der Waals surface area contributed by atoms with Crippen LogP contribution in [0.4, 0.5) is 5.13 Å². The zero-order valence-electron chi connectivity index (χ0n) is 12.6. The summed E-state index contributed by atoms with van der Waals surface area (Å²) in [5, 5.41) is 14.2. The summed E-state index contributed by atoms with van der Waals surface area (Å²) in [4.78, 5) is 20.1. The van der Waals surface area contributed by atoms with E-state index in [2.05, 4.69) is 32.1 Å². The van der Waals surface area contributed by atoms with Crippen molar-refractivity contribution in [2.24, 2.45) is 0 Å². The quantitative estimate of drug-likeness (QED) is 0.516. The van der Waals surface area contributed by atoms with Crippen molar-refractivity contribution in [3.63, 3.8) is 0 Å². The smallest absolute Gasteiger partial charge is 0.236 e. The molecular formula is C15H14N6OS2. The maximum atomic E-state index is 12.0. The highest BCUT2D eigenvalue weighted by atomic mass is 32.2. The highest BCUT2D eigenvalue weighted by Gasteiger charge is 2.15. The van der Waals surface area contributed by atoms with Crippen LogP contribution in [-0.4, -0.2) is 36.4 Å². The van der Waals surface area contributed by atoms with Crippen molar-refractivity contribution in [3.05, 3.63) is 48.8 Å². The van der Waals surface area contributed by atoms with Crippen LogP contribution in [0.15, 0.2) is 53.9 Å². The van der Waals surface area contributed by atoms with Gasteiger partial charge in [-0.1, -0.05) is 17.8 Å². The first-order chi connectivity index (χ1) is 11.8. The molecule has 0 saturated heterocycles. The fraction of sp³-hybridized carbons (Fsp3) is 0.133. The molecule has 0 aliphatic carbocycles. The number of carbonyl (C=O) groups is 1.